The summed E-state index contributed by atoms with van der Waals surface area (Å²) in [5.41, 5.74) is 3.52. The van der Waals surface area contributed by atoms with Crippen molar-refractivity contribution in [2.75, 3.05) is 0 Å². The van der Waals surface area contributed by atoms with E-state index in [1.807, 2.05) is 24.4 Å². The average Bonchev–Trinajstić information content (AvgIpc) is 2.30. The lowest BCUT2D eigenvalue weighted by Gasteiger charge is -2.08. The zero-order chi connectivity index (χ0) is 13.0. The third kappa shape index (κ3) is 3.70. The summed E-state index contributed by atoms with van der Waals surface area (Å²) in [5.74, 6) is 0. The second kappa shape index (κ2) is 6.19. The van der Waals surface area contributed by atoms with Crippen molar-refractivity contribution in [3.63, 3.8) is 0 Å². The molecule has 2 nitrogen and oxygen atoms in total. The van der Waals surface area contributed by atoms with Crippen LogP contribution in [0.2, 0.25) is 10.0 Å². The Hall–Kier alpha value is -1.09. The highest BCUT2D eigenvalue weighted by Crippen LogP contribution is 2.19. The highest BCUT2D eigenvalue weighted by molar-refractivity contribution is 6.34. The number of halogens is 2. The number of pyridine rings is 1. The maximum Gasteiger partial charge on any atom is 0.0424 e. The van der Waals surface area contributed by atoms with Crippen LogP contribution in [0.1, 0.15) is 16.7 Å². The zero-order valence-corrected chi connectivity index (χ0v) is 11.6. The van der Waals surface area contributed by atoms with Crippen LogP contribution in [-0.2, 0) is 13.1 Å². The lowest BCUT2D eigenvalue weighted by molar-refractivity contribution is 0.688. The molecule has 0 amide bonds. The Balaban J connectivity index is 1.94. The maximum absolute atomic E-state index is 5.95. The van der Waals surface area contributed by atoms with Crippen molar-refractivity contribution >= 4 is 23.2 Å². The van der Waals surface area contributed by atoms with Crippen LogP contribution in [0.3, 0.4) is 0 Å². The first-order valence-corrected chi connectivity index (χ1v) is 6.46. The molecule has 0 aliphatic heterocycles. The topological polar surface area (TPSA) is 24.9 Å². The summed E-state index contributed by atoms with van der Waals surface area (Å²) in [6.45, 7) is 3.59. The Morgan fingerprint density at radius 3 is 2.50 bits per heavy atom. The van der Waals surface area contributed by atoms with Crippen molar-refractivity contribution in [1.29, 1.82) is 0 Å². The molecule has 0 saturated heterocycles. The van der Waals surface area contributed by atoms with Gasteiger partial charge in [0.05, 0.1) is 0 Å². The summed E-state index contributed by atoms with van der Waals surface area (Å²) in [6.07, 6.45) is 3.68. The normalized spacial score (nSPS) is 10.6. The molecular weight excluding hydrogens is 267 g/mol. The van der Waals surface area contributed by atoms with Crippen molar-refractivity contribution in [2.45, 2.75) is 20.0 Å². The molecule has 0 aliphatic carbocycles. The van der Waals surface area contributed by atoms with Gasteiger partial charge in [0, 0.05) is 35.5 Å². The summed E-state index contributed by atoms with van der Waals surface area (Å²) < 4.78 is 0. The van der Waals surface area contributed by atoms with Gasteiger partial charge in [-0.05, 0) is 47.9 Å². The van der Waals surface area contributed by atoms with Gasteiger partial charge < -0.3 is 5.32 Å². The Bertz CT molecular complexity index is 521. The van der Waals surface area contributed by atoms with Crippen LogP contribution in [0.4, 0.5) is 0 Å². The Morgan fingerprint density at radius 2 is 1.83 bits per heavy atom. The van der Waals surface area contributed by atoms with E-state index in [4.69, 9.17) is 23.2 Å². The summed E-state index contributed by atoms with van der Waals surface area (Å²) in [6, 6.07) is 7.57. The fourth-order valence-electron chi connectivity index (χ4n) is 1.74. The molecule has 1 aromatic heterocycles. The molecule has 0 atom stereocenters. The van der Waals surface area contributed by atoms with Crippen molar-refractivity contribution in [1.82, 2.24) is 10.3 Å². The molecule has 2 aromatic rings. The largest absolute Gasteiger partial charge is 0.309 e. The van der Waals surface area contributed by atoms with Crippen LogP contribution in [0.5, 0.6) is 0 Å². The lowest BCUT2D eigenvalue weighted by atomic mass is 10.1. The van der Waals surface area contributed by atoms with Crippen molar-refractivity contribution in [3.05, 3.63) is 63.4 Å². The Labute approximate surface area is 117 Å². The predicted molar refractivity (Wildman–Crippen MR) is 76.0 cm³/mol. The van der Waals surface area contributed by atoms with Gasteiger partial charge in [0.1, 0.15) is 0 Å². The predicted octanol–water partition coefficient (Wildman–Crippen LogP) is 3.99. The summed E-state index contributed by atoms with van der Waals surface area (Å²) in [7, 11) is 0. The molecule has 0 fully saturated rings. The van der Waals surface area contributed by atoms with Gasteiger partial charge in [-0.25, -0.2) is 0 Å². The van der Waals surface area contributed by atoms with E-state index >= 15 is 0 Å². The second-order valence-electron chi connectivity index (χ2n) is 4.18. The smallest absolute Gasteiger partial charge is 0.0424 e. The SMILES string of the molecule is Cc1ccncc1CNCc1cc(Cl)cc(Cl)c1. The van der Waals surface area contributed by atoms with E-state index in [0.29, 0.717) is 10.0 Å². The van der Waals surface area contributed by atoms with Crippen LogP contribution in [0, 0.1) is 6.92 Å². The molecule has 1 N–H and O–H groups in total. The Kier molecular flexibility index (Phi) is 4.59. The minimum atomic E-state index is 0.664. The van der Waals surface area contributed by atoms with Crippen molar-refractivity contribution in [2.24, 2.45) is 0 Å². The van der Waals surface area contributed by atoms with E-state index in [-0.39, 0.29) is 0 Å². The van der Waals surface area contributed by atoms with E-state index in [1.54, 1.807) is 12.3 Å². The van der Waals surface area contributed by atoms with Gasteiger partial charge in [-0.2, -0.15) is 0 Å². The van der Waals surface area contributed by atoms with Gasteiger partial charge in [0.2, 0.25) is 0 Å². The summed E-state index contributed by atoms with van der Waals surface area (Å²) in [5, 5.41) is 4.68. The molecule has 1 heterocycles. The quantitative estimate of drug-likeness (QED) is 0.916. The van der Waals surface area contributed by atoms with E-state index in [9.17, 15) is 0 Å². The first kappa shape index (κ1) is 13.3. The third-order valence-corrected chi connectivity index (χ3v) is 3.15. The lowest BCUT2D eigenvalue weighted by Crippen LogP contribution is -2.13. The number of hydrogen-bond donors (Lipinski definition) is 1. The molecule has 94 valence electrons. The number of nitrogens with one attached hydrogen (secondary N) is 1. The number of aromatic nitrogens is 1. The third-order valence-electron chi connectivity index (χ3n) is 2.71. The molecule has 18 heavy (non-hydrogen) atoms. The molecule has 1 aromatic carbocycles. The average molecular weight is 281 g/mol. The van der Waals surface area contributed by atoms with Crippen molar-refractivity contribution in [3.8, 4) is 0 Å². The highest BCUT2D eigenvalue weighted by atomic mass is 35.5. The fourth-order valence-corrected chi connectivity index (χ4v) is 2.31. The van der Waals surface area contributed by atoms with E-state index < -0.39 is 0 Å². The van der Waals surface area contributed by atoms with Crippen molar-refractivity contribution < 1.29 is 0 Å². The standard InChI is InChI=1S/C14H14Cl2N2/c1-10-2-3-17-8-12(10)9-18-7-11-4-13(15)6-14(16)5-11/h2-6,8,18H,7,9H2,1H3. The monoisotopic (exact) mass is 280 g/mol. The highest BCUT2D eigenvalue weighted by Gasteiger charge is 2.00. The van der Waals surface area contributed by atoms with Crippen LogP contribution in [0.25, 0.3) is 0 Å². The molecule has 0 spiro atoms. The Morgan fingerprint density at radius 1 is 1.11 bits per heavy atom. The van der Waals surface area contributed by atoms with E-state index in [0.717, 1.165) is 18.7 Å². The molecule has 0 radical (unpaired) electrons. The van der Waals surface area contributed by atoms with E-state index in [2.05, 4.69) is 17.2 Å². The minimum absolute atomic E-state index is 0.664. The summed E-state index contributed by atoms with van der Waals surface area (Å²) >= 11 is 11.9. The number of nitrogens with zero attached hydrogens (tertiary/aromatic N) is 1. The second-order valence-corrected chi connectivity index (χ2v) is 5.06. The van der Waals surface area contributed by atoms with Gasteiger partial charge >= 0.3 is 0 Å². The fraction of sp³-hybridized carbons (Fsp3) is 0.214. The van der Waals surface area contributed by atoms with Gasteiger partial charge in [-0.1, -0.05) is 23.2 Å². The van der Waals surface area contributed by atoms with Crippen LogP contribution >= 0.6 is 23.2 Å². The molecule has 4 heteroatoms. The maximum atomic E-state index is 5.95. The van der Waals surface area contributed by atoms with Gasteiger partial charge in [-0.3, -0.25) is 4.98 Å². The van der Waals surface area contributed by atoms with Crippen LogP contribution in [0.15, 0.2) is 36.7 Å². The first-order chi connectivity index (χ1) is 8.65. The molecule has 0 saturated carbocycles. The van der Waals surface area contributed by atoms with Gasteiger partial charge in [-0.15, -0.1) is 0 Å². The first-order valence-electron chi connectivity index (χ1n) is 5.70. The number of hydrogen-bond acceptors (Lipinski definition) is 2. The molecular formula is C14H14Cl2N2. The van der Waals surface area contributed by atoms with E-state index in [1.165, 1.54) is 11.1 Å². The zero-order valence-electron chi connectivity index (χ0n) is 10.1. The molecule has 0 unspecified atom stereocenters. The number of rotatable bonds is 4. The molecule has 2 rings (SSSR count). The summed E-state index contributed by atoms with van der Waals surface area (Å²) in [4.78, 5) is 4.12. The molecule has 0 bridgehead atoms. The molecule has 0 aliphatic rings. The number of benzene rings is 1. The van der Waals surface area contributed by atoms with Gasteiger partial charge in [0.15, 0.2) is 0 Å². The minimum Gasteiger partial charge on any atom is -0.309 e. The van der Waals surface area contributed by atoms with Gasteiger partial charge in [0.25, 0.3) is 0 Å². The van der Waals surface area contributed by atoms with Crippen LogP contribution < -0.4 is 5.32 Å². The number of aryl methyl sites for hydroxylation is 1. The van der Waals surface area contributed by atoms with Crippen LogP contribution in [-0.4, -0.2) is 4.98 Å².